The lowest BCUT2D eigenvalue weighted by molar-refractivity contribution is -0.142. The molecule has 0 aromatic heterocycles. The minimum Gasteiger partial charge on any atom is -0.469 e. The summed E-state index contributed by atoms with van der Waals surface area (Å²) in [5.74, 6) is -0.467. The number of ether oxygens (including phenoxy) is 2. The summed E-state index contributed by atoms with van der Waals surface area (Å²) < 4.78 is 10.2. The number of hydrogen-bond acceptors (Lipinski definition) is 4. The van der Waals surface area contributed by atoms with Gasteiger partial charge >= 0.3 is 5.97 Å². The monoisotopic (exact) mass is 273 g/mol. The van der Waals surface area contributed by atoms with Crippen molar-refractivity contribution in [1.82, 2.24) is 5.32 Å². The first-order chi connectivity index (χ1) is 8.91. The van der Waals surface area contributed by atoms with Crippen LogP contribution in [0.1, 0.15) is 52.9 Å². The van der Waals surface area contributed by atoms with Gasteiger partial charge in [-0.3, -0.25) is 9.59 Å². The van der Waals surface area contributed by atoms with Crippen LogP contribution in [0, 0.1) is 0 Å². The van der Waals surface area contributed by atoms with E-state index in [4.69, 9.17) is 4.74 Å². The smallest absolute Gasteiger partial charge is 0.306 e. The third-order valence-electron chi connectivity index (χ3n) is 3.02. The Balaban J connectivity index is 3.44. The molecule has 19 heavy (non-hydrogen) atoms. The largest absolute Gasteiger partial charge is 0.469 e. The summed E-state index contributed by atoms with van der Waals surface area (Å²) in [7, 11) is 1.32. The lowest BCUT2D eigenvalue weighted by Gasteiger charge is -2.23. The fourth-order valence-electron chi connectivity index (χ4n) is 1.31. The Hall–Kier alpha value is -1.10. The van der Waals surface area contributed by atoms with Gasteiger partial charge in [0.1, 0.15) is 0 Å². The molecule has 5 heteroatoms. The van der Waals surface area contributed by atoms with Gasteiger partial charge in [0.25, 0.3) is 0 Å². The molecule has 1 N–H and O–H groups in total. The second-order valence-corrected chi connectivity index (χ2v) is 5.09. The summed E-state index contributed by atoms with van der Waals surface area (Å²) in [5, 5.41) is 2.77. The highest BCUT2D eigenvalue weighted by Crippen LogP contribution is 2.13. The van der Waals surface area contributed by atoms with Crippen molar-refractivity contribution < 1.29 is 19.1 Å². The molecule has 0 heterocycles. The fraction of sp³-hybridized carbons (Fsp3) is 0.857. The summed E-state index contributed by atoms with van der Waals surface area (Å²) in [5.41, 5.74) is -0.0657. The summed E-state index contributed by atoms with van der Waals surface area (Å²) in [6.45, 7) is 7.57. The fourth-order valence-corrected chi connectivity index (χ4v) is 1.31. The maximum Gasteiger partial charge on any atom is 0.306 e. The summed E-state index contributed by atoms with van der Waals surface area (Å²) in [4.78, 5) is 22.2. The van der Waals surface area contributed by atoms with Crippen LogP contribution in [-0.4, -0.2) is 37.7 Å². The van der Waals surface area contributed by atoms with Crippen molar-refractivity contribution in [2.75, 3.05) is 20.3 Å². The number of nitrogens with one attached hydrogen (secondary N) is 1. The third-order valence-corrected chi connectivity index (χ3v) is 3.02. The number of esters is 1. The molecule has 0 rings (SSSR count). The summed E-state index contributed by atoms with van der Waals surface area (Å²) in [6.07, 6.45) is 3.10. The van der Waals surface area contributed by atoms with E-state index >= 15 is 0 Å². The minimum absolute atomic E-state index is 0.0657. The van der Waals surface area contributed by atoms with Crippen molar-refractivity contribution >= 4 is 11.9 Å². The van der Waals surface area contributed by atoms with Gasteiger partial charge in [-0.15, -0.1) is 0 Å². The molecule has 0 aromatic carbocycles. The number of carbonyl (C=O) groups is 2. The van der Waals surface area contributed by atoms with Gasteiger partial charge in [-0.2, -0.15) is 0 Å². The van der Waals surface area contributed by atoms with Crippen molar-refractivity contribution in [3.05, 3.63) is 0 Å². The average molecular weight is 273 g/mol. The highest BCUT2D eigenvalue weighted by Gasteiger charge is 2.14. The standard InChI is InChI=1S/C14H27NO4/c1-5-14(2,3)19-11-7-6-10-15-12(16)8-9-13(17)18-4/h5-11H2,1-4H3,(H,15,16). The van der Waals surface area contributed by atoms with Crippen molar-refractivity contribution in [3.63, 3.8) is 0 Å². The van der Waals surface area contributed by atoms with E-state index in [1.54, 1.807) is 0 Å². The molecule has 0 radical (unpaired) electrons. The molecule has 0 bridgehead atoms. The predicted octanol–water partition coefficient (Wildman–Crippen LogP) is 2.04. The van der Waals surface area contributed by atoms with Gasteiger partial charge in [0.15, 0.2) is 0 Å². The molecule has 112 valence electrons. The molecule has 0 saturated heterocycles. The number of unbranched alkanes of at least 4 members (excludes halogenated alkanes) is 1. The SMILES string of the molecule is CCC(C)(C)OCCCCNC(=O)CCC(=O)OC. The van der Waals surface area contributed by atoms with Crippen LogP contribution in [0.4, 0.5) is 0 Å². The van der Waals surface area contributed by atoms with Crippen LogP contribution in [-0.2, 0) is 19.1 Å². The van der Waals surface area contributed by atoms with Crippen molar-refractivity contribution in [2.24, 2.45) is 0 Å². The van der Waals surface area contributed by atoms with E-state index in [9.17, 15) is 9.59 Å². The Labute approximate surface area is 116 Å². The Bertz CT molecular complexity index is 277. The first-order valence-electron chi connectivity index (χ1n) is 6.88. The zero-order valence-electron chi connectivity index (χ0n) is 12.6. The maximum absolute atomic E-state index is 11.4. The van der Waals surface area contributed by atoms with Crippen molar-refractivity contribution in [2.45, 2.75) is 58.5 Å². The number of hydrogen-bond donors (Lipinski definition) is 1. The van der Waals surface area contributed by atoms with Crippen LogP contribution in [0.3, 0.4) is 0 Å². The van der Waals surface area contributed by atoms with Gasteiger partial charge in [0.2, 0.25) is 5.91 Å². The first kappa shape index (κ1) is 17.9. The van der Waals surface area contributed by atoms with Crippen LogP contribution in [0.25, 0.3) is 0 Å². The first-order valence-corrected chi connectivity index (χ1v) is 6.88. The van der Waals surface area contributed by atoms with Gasteiger partial charge in [-0.1, -0.05) is 6.92 Å². The number of rotatable bonds is 10. The predicted molar refractivity (Wildman–Crippen MR) is 73.8 cm³/mol. The van der Waals surface area contributed by atoms with Crippen LogP contribution < -0.4 is 5.32 Å². The Morgan fingerprint density at radius 2 is 1.84 bits per heavy atom. The molecule has 0 fully saturated rings. The molecular weight excluding hydrogens is 246 g/mol. The van der Waals surface area contributed by atoms with Gasteiger partial charge in [-0.25, -0.2) is 0 Å². The van der Waals surface area contributed by atoms with E-state index < -0.39 is 0 Å². The summed E-state index contributed by atoms with van der Waals surface area (Å²) >= 11 is 0. The van der Waals surface area contributed by atoms with Gasteiger partial charge in [0.05, 0.1) is 19.1 Å². The topological polar surface area (TPSA) is 64.6 Å². The maximum atomic E-state index is 11.4. The molecule has 0 aliphatic rings. The molecule has 0 aliphatic carbocycles. The quantitative estimate of drug-likeness (QED) is 0.488. The average Bonchev–Trinajstić information content (AvgIpc) is 2.39. The van der Waals surface area contributed by atoms with Gasteiger partial charge in [0, 0.05) is 19.6 Å². The van der Waals surface area contributed by atoms with Crippen LogP contribution in [0.15, 0.2) is 0 Å². The van der Waals surface area contributed by atoms with Crippen LogP contribution >= 0.6 is 0 Å². The molecule has 0 spiro atoms. The van der Waals surface area contributed by atoms with Crippen LogP contribution in [0.2, 0.25) is 0 Å². The highest BCUT2D eigenvalue weighted by molar-refractivity contribution is 5.81. The lowest BCUT2D eigenvalue weighted by atomic mass is 10.1. The number of amides is 1. The normalized spacial score (nSPS) is 11.2. The molecule has 0 unspecified atom stereocenters. The molecule has 0 atom stereocenters. The van der Waals surface area contributed by atoms with Gasteiger partial charge < -0.3 is 14.8 Å². The Kier molecular flexibility index (Phi) is 9.21. The number of carbonyl (C=O) groups excluding carboxylic acids is 2. The Morgan fingerprint density at radius 3 is 2.42 bits per heavy atom. The second kappa shape index (κ2) is 9.78. The molecule has 1 amide bonds. The van der Waals surface area contributed by atoms with E-state index in [2.05, 4.69) is 30.8 Å². The minimum atomic E-state index is -0.356. The Morgan fingerprint density at radius 1 is 1.16 bits per heavy atom. The van der Waals surface area contributed by atoms with Crippen molar-refractivity contribution in [1.29, 1.82) is 0 Å². The van der Waals surface area contributed by atoms with Crippen LogP contribution in [0.5, 0.6) is 0 Å². The highest BCUT2D eigenvalue weighted by atomic mass is 16.5. The van der Waals surface area contributed by atoms with E-state index in [1.807, 2.05) is 0 Å². The summed E-state index contributed by atoms with van der Waals surface area (Å²) in [6, 6.07) is 0. The molecule has 0 saturated carbocycles. The molecule has 0 aromatic rings. The van der Waals surface area contributed by atoms with Crippen molar-refractivity contribution in [3.8, 4) is 0 Å². The molecule has 0 aliphatic heterocycles. The zero-order chi connectivity index (χ0) is 14.7. The second-order valence-electron chi connectivity index (χ2n) is 5.09. The lowest BCUT2D eigenvalue weighted by Crippen LogP contribution is -2.26. The third kappa shape index (κ3) is 10.5. The van der Waals surface area contributed by atoms with E-state index in [1.165, 1.54) is 7.11 Å². The van der Waals surface area contributed by atoms with E-state index in [0.717, 1.165) is 19.3 Å². The molecule has 5 nitrogen and oxygen atoms in total. The van der Waals surface area contributed by atoms with E-state index in [0.29, 0.717) is 13.2 Å². The van der Waals surface area contributed by atoms with Gasteiger partial charge in [-0.05, 0) is 33.1 Å². The molecular formula is C14H27NO4. The van der Waals surface area contributed by atoms with E-state index in [-0.39, 0.29) is 30.3 Å². The number of methoxy groups -OCH3 is 1. The zero-order valence-corrected chi connectivity index (χ0v) is 12.6.